The van der Waals surface area contributed by atoms with Crippen LogP contribution in [0.1, 0.15) is 13.3 Å². The molecule has 2 nitrogen and oxygen atoms in total. The van der Waals surface area contributed by atoms with Crippen LogP contribution in [0.4, 0.5) is 17.6 Å². The van der Waals surface area contributed by atoms with Gasteiger partial charge in [-0.3, -0.25) is 9.13 Å². The fourth-order valence-electron chi connectivity index (χ4n) is 0.418. The highest BCUT2D eigenvalue weighted by Gasteiger charge is 2.38. The maximum atomic E-state index is 12.4. The molecule has 0 fully saturated rings. The van der Waals surface area contributed by atoms with Gasteiger partial charge < -0.3 is 5.11 Å². The quantitative estimate of drug-likeness (QED) is 0.527. The molecule has 0 radical (unpaired) electrons. The number of hydrogen-bond donors (Lipinski definition) is 1. The van der Waals surface area contributed by atoms with Crippen molar-refractivity contribution in [1.29, 1.82) is 0 Å². The molecule has 0 aromatic heterocycles. The Bertz CT molecular complexity index is 129. The molecule has 3 unspecified atom stereocenters. The first-order valence-electron chi connectivity index (χ1n) is 3.33. The Kier molecular flexibility index (Phi) is 4.47. The predicted octanol–water partition coefficient (Wildman–Crippen LogP) is 1.63. The summed E-state index contributed by atoms with van der Waals surface area (Å²) in [7, 11) is 0. The van der Waals surface area contributed by atoms with Gasteiger partial charge >= 0.3 is 6.04 Å². The van der Waals surface area contributed by atoms with Crippen LogP contribution in [0.5, 0.6) is 0 Å². The van der Waals surface area contributed by atoms with E-state index in [1.54, 1.807) is 0 Å². The minimum atomic E-state index is -3.69. The van der Waals surface area contributed by atoms with Gasteiger partial charge in [0.25, 0.3) is 0 Å². The first kappa shape index (κ1) is 11.6. The van der Waals surface area contributed by atoms with Crippen LogP contribution in [0.25, 0.3) is 0 Å². The van der Waals surface area contributed by atoms with E-state index in [1.165, 1.54) is 0 Å². The lowest BCUT2D eigenvalue weighted by Gasteiger charge is -2.21. The van der Waals surface area contributed by atoms with Crippen LogP contribution in [-0.2, 0) is 4.74 Å². The summed E-state index contributed by atoms with van der Waals surface area (Å²) in [6.45, 7) is -0.417. The van der Waals surface area contributed by atoms with Crippen molar-refractivity contribution in [2.75, 3.05) is 6.67 Å². The van der Waals surface area contributed by atoms with Gasteiger partial charge in [0.05, 0.1) is 6.67 Å². The van der Waals surface area contributed by atoms with Crippen molar-refractivity contribution < 1.29 is 27.4 Å². The third kappa shape index (κ3) is 3.87. The zero-order valence-electron chi connectivity index (χ0n) is 6.44. The lowest BCUT2D eigenvalue weighted by Crippen LogP contribution is -2.38. The van der Waals surface area contributed by atoms with E-state index in [4.69, 9.17) is 5.11 Å². The molecule has 0 spiro atoms. The Labute approximate surface area is 67.1 Å². The molecular formula is C6H10F4O2. The largest absolute Gasteiger partial charge is 0.352 e. The summed E-state index contributed by atoms with van der Waals surface area (Å²) in [6, 6.07) is -3.69. The zero-order valence-corrected chi connectivity index (χ0v) is 6.44. The van der Waals surface area contributed by atoms with E-state index in [0.717, 1.165) is 0 Å². The van der Waals surface area contributed by atoms with Gasteiger partial charge in [-0.1, -0.05) is 0 Å². The summed E-state index contributed by atoms with van der Waals surface area (Å²) in [4.78, 5) is 0. The first-order chi connectivity index (χ1) is 5.40. The van der Waals surface area contributed by atoms with Gasteiger partial charge in [0.15, 0.2) is 6.17 Å². The van der Waals surface area contributed by atoms with E-state index < -0.39 is 31.7 Å². The Morgan fingerprint density at radius 3 is 2.33 bits per heavy atom. The van der Waals surface area contributed by atoms with Gasteiger partial charge in [-0.15, -0.1) is 0 Å². The molecule has 0 amide bonds. The lowest BCUT2D eigenvalue weighted by atomic mass is 10.4. The van der Waals surface area contributed by atoms with Gasteiger partial charge in [0.2, 0.25) is 6.36 Å². The first-order valence-corrected chi connectivity index (χ1v) is 3.33. The lowest BCUT2D eigenvalue weighted by molar-refractivity contribution is -0.353. The molecule has 0 aromatic carbocycles. The topological polar surface area (TPSA) is 29.5 Å². The van der Waals surface area contributed by atoms with Gasteiger partial charge in [0, 0.05) is 6.42 Å². The van der Waals surface area contributed by atoms with Crippen molar-refractivity contribution in [3.05, 3.63) is 0 Å². The number of hydrogen-bond acceptors (Lipinski definition) is 2. The Hall–Kier alpha value is -0.360. The SMILES string of the molecule is CC(F)C(O)(F)OC(F)CCF. The minimum absolute atomic E-state index is 0.655. The zero-order chi connectivity index (χ0) is 9.78. The molecular weight excluding hydrogens is 180 g/mol. The average Bonchev–Trinajstić information content (AvgIpc) is 1.85. The fourth-order valence-corrected chi connectivity index (χ4v) is 0.418. The molecule has 3 atom stereocenters. The second-order valence-electron chi connectivity index (χ2n) is 2.23. The van der Waals surface area contributed by atoms with Crippen LogP contribution in [-0.4, -0.2) is 30.4 Å². The van der Waals surface area contributed by atoms with E-state index in [2.05, 4.69) is 4.74 Å². The van der Waals surface area contributed by atoms with E-state index >= 15 is 0 Å². The van der Waals surface area contributed by atoms with Gasteiger partial charge in [0.1, 0.15) is 0 Å². The molecule has 0 aliphatic carbocycles. The molecule has 0 heterocycles. The normalized spacial score (nSPS) is 21.5. The fraction of sp³-hybridized carbons (Fsp3) is 1.00. The van der Waals surface area contributed by atoms with E-state index in [9.17, 15) is 17.6 Å². The standard InChI is InChI=1S/C6H10F4O2/c1-4(8)6(10,11)12-5(9)2-3-7/h4-5,11H,2-3H2,1H3. The molecule has 0 aliphatic rings. The highest BCUT2D eigenvalue weighted by molar-refractivity contribution is 4.61. The summed E-state index contributed by atoms with van der Waals surface area (Å²) in [5, 5.41) is 8.36. The van der Waals surface area contributed by atoms with Crippen molar-refractivity contribution >= 4 is 0 Å². The third-order valence-electron chi connectivity index (χ3n) is 1.12. The summed E-state index contributed by atoms with van der Waals surface area (Å²) in [6.07, 6.45) is -5.47. The highest BCUT2D eigenvalue weighted by atomic mass is 19.2. The van der Waals surface area contributed by atoms with E-state index in [0.29, 0.717) is 6.92 Å². The predicted molar refractivity (Wildman–Crippen MR) is 33.2 cm³/mol. The van der Waals surface area contributed by atoms with Crippen LogP contribution in [0.3, 0.4) is 0 Å². The second-order valence-corrected chi connectivity index (χ2v) is 2.23. The van der Waals surface area contributed by atoms with Crippen LogP contribution < -0.4 is 0 Å². The summed E-state index contributed by atoms with van der Waals surface area (Å²) >= 11 is 0. The van der Waals surface area contributed by atoms with Crippen LogP contribution in [0, 0.1) is 0 Å². The van der Waals surface area contributed by atoms with Crippen molar-refractivity contribution in [2.45, 2.75) is 31.9 Å². The Morgan fingerprint density at radius 1 is 1.50 bits per heavy atom. The summed E-state index contributed by atoms with van der Waals surface area (Å²) < 4.78 is 51.6. The highest BCUT2D eigenvalue weighted by Crippen LogP contribution is 2.21. The monoisotopic (exact) mass is 190 g/mol. The summed E-state index contributed by atoms with van der Waals surface area (Å²) in [5.74, 6) is 0. The summed E-state index contributed by atoms with van der Waals surface area (Å²) in [5.41, 5.74) is 0. The minimum Gasteiger partial charge on any atom is -0.337 e. The molecule has 12 heavy (non-hydrogen) atoms. The molecule has 0 saturated carbocycles. The maximum Gasteiger partial charge on any atom is 0.352 e. The molecule has 1 N–H and O–H groups in total. The Morgan fingerprint density at radius 2 is 2.00 bits per heavy atom. The third-order valence-corrected chi connectivity index (χ3v) is 1.12. The van der Waals surface area contributed by atoms with Gasteiger partial charge in [-0.2, -0.15) is 4.39 Å². The van der Waals surface area contributed by atoms with Crippen LogP contribution >= 0.6 is 0 Å². The van der Waals surface area contributed by atoms with Gasteiger partial charge in [-0.05, 0) is 6.92 Å². The second kappa shape index (κ2) is 4.61. The number of rotatable bonds is 5. The number of ether oxygens (including phenoxy) is 1. The molecule has 6 heteroatoms. The van der Waals surface area contributed by atoms with Crippen molar-refractivity contribution in [1.82, 2.24) is 0 Å². The maximum absolute atomic E-state index is 12.4. The van der Waals surface area contributed by atoms with Crippen molar-refractivity contribution in [3.63, 3.8) is 0 Å². The molecule has 0 rings (SSSR count). The molecule has 74 valence electrons. The molecule has 0 bridgehead atoms. The van der Waals surface area contributed by atoms with Gasteiger partial charge in [-0.25, -0.2) is 8.78 Å². The van der Waals surface area contributed by atoms with E-state index in [-0.39, 0.29) is 0 Å². The number of halogens is 4. The van der Waals surface area contributed by atoms with Crippen molar-refractivity contribution in [2.24, 2.45) is 0 Å². The molecule has 0 aliphatic heterocycles. The molecule has 0 saturated heterocycles. The average molecular weight is 190 g/mol. The molecule has 0 aromatic rings. The smallest absolute Gasteiger partial charge is 0.337 e. The number of alkyl halides is 4. The van der Waals surface area contributed by atoms with Crippen LogP contribution in [0.2, 0.25) is 0 Å². The van der Waals surface area contributed by atoms with E-state index in [1.807, 2.05) is 0 Å². The van der Waals surface area contributed by atoms with Crippen molar-refractivity contribution in [3.8, 4) is 0 Å². The number of aliphatic hydroxyl groups is 1. The Balaban J connectivity index is 3.88. The van der Waals surface area contributed by atoms with Crippen LogP contribution in [0.15, 0.2) is 0 Å².